The average molecular weight is 433 g/mol. The molecular formula is C24H30Cl2N2O. The molecule has 1 aliphatic rings. The molecule has 29 heavy (non-hydrogen) atoms. The monoisotopic (exact) mass is 432 g/mol. The third-order valence-electron chi connectivity index (χ3n) is 6.03. The molecule has 1 aliphatic carbocycles. The molecule has 0 radical (unpaired) electrons. The molecular weight excluding hydrogens is 403 g/mol. The number of halogens is 2. The van der Waals surface area contributed by atoms with Gasteiger partial charge in [-0.05, 0) is 66.7 Å². The molecule has 0 aliphatic heterocycles. The molecule has 3 rings (SSSR count). The van der Waals surface area contributed by atoms with Gasteiger partial charge in [-0.1, -0.05) is 74.3 Å². The molecule has 1 unspecified atom stereocenters. The topological polar surface area (TPSA) is 41.1 Å². The number of hydrogen-bond donors (Lipinski definition) is 2. The van der Waals surface area contributed by atoms with Crippen LogP contribution in [0.4, 0.5) is 10.5 Å². The number of hydrogen-bond acceptors (Lipinski definition) is 1. The number of carbonyl (C=O) groups excluding carboxylic acids is 1. The number of nitrogens with one attached hydrogen (secondary N) is 2. The largest absolute Gasteiger partial charge is 0.331 e. The summed E-state index contributed by atoms with van der Waals surface area (Å²) in [5.74, 6) is 1.15. The van der Waals surface area contributed by atoms with E-state index >= 15 is 0 Å². The molecule has 2 amide bonds. The quantitative estimate of drug-likeness (QED) is 0.509. The maximum absolute atomic E-state index is 12.8. The van der Waals surface area contributed by atoms with Crippen molar-refractivity contribution in [3.8, 4) is 0 Å². The summed E-state index contributed by atoms with van der Waals surface area (Å²) in [6.45, 7) is 6.98. The number of benzene rings is 2. The Hall–Kier alpha value is -1.71. The van der Waals surface area contributed by atoms with Crippen molar-refractivity contribution in [3.05, 3.63) is 64.1 Å². The summed E-state index contributed by atoms with van der Waals surface area (Å²) in [6, 6.07) is 15.0. The SMILES string of the molecule is CC(C)(C)C1CCC(C(NC(=O)Nc2cc(Cl)cc(Cl)c2)c2ccccc2)CC1. The van der Waals surface area contributed by atoms with Gasteiger partial charge >= 0.3 is 6.03 Å². The zero-order valence-electron chi connectivity index (χ0n) is 17.3. The van der Waals surface area contributed by atoms with Crippen molar-refractivity contribution in [1.29, 1.82) is 0 Å². The van der Waals surface area contributed by atoms with Crippen molar-refractivity contribution < 1.29 is 4.79 Å². The molecule has 1 fully saturated rings. The lowest BCUT2D eigenvalue weighted by Crippen LogP contribution is -2.38. The summed E-state index contributed by atoms with van der Waals surface area (Å²) in [7, 11) is 0. The lowest BCUT2D eigenvalue weighted by atomic mass is 9.68. The number of rotatable bonds is 4. The smallest absolute Gasteiger partial charge is 0.319 e. The van der Waals surface area contributed by atoms with Crippen LogP contribution in [0.1, 0.15) is 58.1 Å². The summed E-state index contributed by atoms with van der Waals surface area (Å²) < 4.78 is 0. The fourth-order valence-corrected chi connectivity index (χ4v) is 4.91. The Morgan fingerprint density at radius 1 is 0.966 bits per heavy atom. The van der Waals surface area contributed by atoms with Gasteiger partial charge in [0.1, 0.15) is 0 Å². The first-order valence-corrected chi connectivity index (χ1v) is 11.1. The number of anilines is 1. The molecule has 0 saturated heterocycles. The summed E-state index contributed by atoms with van der Waals surface area (Å²) in [5, 5.41) is 7.07. The third kappa shape index (κ3) is 6.13. The minimum absolute atomic E-state index is 0.0215. The van der Waals surface area contributed by atoms with Crippen LogP contribution in [0, 0.1) is 17.3 Å². The Bertz CT molecular complexity index is 804. The summed E-state index contributed by atoms with van der Waals surface area (Å²) in [4.78, 5) is 12.8. The predicted octanol–water partition coefficient (Wildman–Crippen LogP) is 7.71. The number of carbonyl (C=O) groups is 1. The van der Waals surface area contributed by atoms with E-state index < -0.39 is 0 Å². The summed E-state index contributed by atoms with van der Waals surface area (Å²) >= 11 is 12.1. The minimum atomic E-state index is -0.241. The highest BCUT2D eigenvalue weighted by Gasteiger charge is 2.34. The van der Waals surface area contributed by atoms with E-state index in [1.807, 2.05) is 18.2 Å². The van der Waals surface area contributed by atoms with Gasteiger partial charge in [0, 0.05) is 15.7 Å². The molecule has 3 nitrogen and oxygen atoms in total. The zero-order chi connectivity index (χ0) is 21.0. The van der Waals surface area contributed by atoms with E-state index in [0.717, 1.165) is 24.3 Å². The first-order chi connectivity index (χ1) is 13.7. The molecule has 1 saturated carbocycles. The van der Waals surface area contributed by atoms with Gasteiger partial charge in [-0.2, -0.15) is 0 Å². The Kier molecular flexibility index (Phi) is 7.13. The highest BCUT2D eigenvalue weighted by molar-refractivity contribution is 6.35. The standard InChI is InChI=1S/C24H30Cl2N2O/c1-24(2,3)18-11-9-17(10-12-18)22(16-7-5-4-6-8-16)28-23(29)27-21-14-19(25)13-20(26)15-21/h4-8,13-15,17-18,22H,9-12H2,1-3H3,(H2,27,28,29). The minimum Gasteiger partial charge on any atom is -0.331 e. The summed E-state index contributed by atoms with van der Waals surface area (Å²) in [6.07, 6.45) is 4.63. The summed E-state index contributed by atoms with van der Waals surface area (Å²) in [5.41, 5.74) is 2.07. The molecule has 0 heterocycles. The van der Waals surface area contributed by atoms with E-state index in [4.69, 9.17) is 23.2 Å². The van der Waals surface area contributed by atoms with Gasteiger partial charge in [0.05, 0.1) is 6.04 Å². The van der Waals surface area contributed by atoms with Crippen LogP contribution in [0.25, 0.3) is 0 Å². The van der Waals surface area contributed by atoms with Crippen molar-refractivity contribution in [1.82, 2.24) is 5.32 Å². The molecule has 0 bridgehead atoms. The van der Waals surface area contributed by atoms with Crippen molar-refractivity contribution >= 4 is 34.9 Å². The van der Waals surface area contributed by atoms with Gasteiger partial charge in [0.25, 0.3) is 0 Å². The van der Waals surface area contributed by atoms with Crippen molar-refractivity contribution in [2.45, 2.75) is 52.5 Å². The van der Waals surface area contributed by atoms with Crippen LogP contribution in [0.15, 0.2) is 48.5 Å². The highest BCUT2D eigenvalue weighted by atomic mass is 35.5. The first-order valence-electron chi connectivity index (χ1n) is 10.3. The van der Waals surface area contributed by atoms with E-state index in [2.05, 4.69) is 43.5 Å². The Morgan fingerprint density at radius 3 is 2.10 bits per heavy atom. The van der Waals surface area contributed by atoms with Crippen LogP contribution in [0.5, 0.6) is 0 Å². The fraction of sp³-hybridized carbons (Fsp3) is 0.458. The molecule has 2 N–H and O–H groups in total. The van der Waals surface area contributed by atoms with E-state index in [1.165, 1.54) is 12.8 Å². The maximum atomic E-state index is 12.8. The van der Waals surface area contributed by atoms with Crippen LogP contribution in [0.2, 0.25) is 10.0 Å². The molecule has 0 spiro atoms. The van der Waals surface area contributed by atoms with Crippen molar-refractivity contribution in [2.24, 2.45) is 17.3 Å². The van der Waals surface area contributed by atoms with Crippen molar-refractivity contribution in [3.63, 3.8) is 0 Å². The predicted molar refractivity (Wildman–Crippen MR) is 123 cm³/mol. The van der Waals surface area contributed by atoms with Crippen LogP contribution in [-0.4, -0.2) is 6.03 Å². The lowest BCUT2D eigenvalue weighted by molar-refractivity contribution is 0.134. The van der Waals surface area contributed by atoms with Gasteiger partial charge in [0.15, 0.2) is 0 Å². The van der Waals surface area contributed by atoms with Crippen molar-refractivity contribution in [2.75, 3.05) is 5.32 Å². The Morgan fingerprint density at radius 2 is 1.55 bits per heavy atom. The maximum Gasteiger partial charge on any atom is 0.319 e. The Balaban J connectivity index is 1.72. The molecule has 2 aromatic rings. The molecule has 156 valence electrons. The average Bonchev–Trinajstić information content (AvgIpc) is 2.65. The van der Waals surface area contributed by atoms with Crippen LogP contribution >= 0.6 is 23.2 Å². The van der Waals surface area contributed by atoms with E-state index in [-0.39, 0.29) is 12.1 Å². The van der Waals surface area contributed by atoms with Gasteiger partial charge in [-0.15, -0.1) is 0 Å². The van der Waals surface area contributed by atoms with E-state index in [1.54, 1.807) is 18.2 Å². The number of amides is 2. The van der Waals surface area contributed by atoms with Crippen LogP contribution in [0.3, 0.4) is 0 Å². The van der Waals surface area contributed by atoms with E-state index in [0.29, 0.717) is 27.1 Å². The van der Waals surface area contributed by atoms with Gasteiger partial charge < -0.3 is 10.6 Å². The molecule has 0 aromatic heterocycles. The first kappa shape index (κ1) is 22.0. The van der Waals surface area contributed by atoms with Crippen LogP contribution < -0.4 is 10.6 Å². The van der Waals surface area contributed by atoms with Gasteiger partial charge in [-0.25, -0.2) is 4.79 Å². The Labute approximate surface area is 184 Å². The zero-order valence-corrected chi connectivity index (χ0v) is 18.9. The van der Waals surface area contributed by atoms with Gasteiger partial charge in [0.2, 0.25) is 0 Å². The second-order valence-corrected chi connectivity index (χ2v) is 10.00. The van der Waals surface area contributed by atoms with Gasteiger partial charge in [-0.3, -0.25) is 0 Å². The number of urea groups is 1. The lowest BCUT2D eigenvalue weighted by Gasteiger charge is -2.39. The molecule has 5 heteroatoms. The second-order valence-electron chi connectivity index (χ2n) is 9.12. The third-order valence-corrected chi connectivity index (χ3v) is 6.47. The highest BCUT2D eigenvalue weighted by Crippen LogP contribution is 2.43. The fourth-order valence-electron chi connectivity index (χ4n) is 4.39. The molecule has 2 aromatic carbocycles. The molecule has 1 atom stereocenters. The van der Waals surface area contributed by atoms with E-state index in [9.17, 15) is 4.79 Å². The normalized spacial score (nSPS) is 20.7. The van der Waals surface area contributed by atoms with Crippen LogP contribution in [-0.2, 0) is 0 Å². The second kappa shape index (κ2) is 9.40.